The third-order valence-electron chi connectivity index (χ3n) is 4.16. The highest BCUT2D eigenvalue weighted by molar-refractivity contribution is 7.87. The predicted octanol–water partition coefficient (Wildman–Crippen LogP) is 4.19. The van der Waals surface area contributed by atoms with Gasteiger partial charge in [-0.3, -0.25) is 4.79 Å². The van der Waals surface area contributed by atoms with Crippen LogP contribution in [0.5, 0.6) is 11.5 Å². The molecule has 160 valence electrons. The Bertz CT molecular complexity index is 1220. The molecule has 9 heteroatoms. The summed E-state index contributed by atoms with van der Waals surface area (Å²) in [7, 11) is -2.66. The van der Waals surface area contributed by atoms with Crippen molar-refractivity contribution < 1.29 is 22.1 Å². The number of carbonyl (C=O) groups is 1. The van der Waals surface area contributed by atoms with Gasteiger partial charge in [0.2, 0.25) is 0 Å². The number of hydrogen-bond acceptors (Lipinski definition) is 6. The summed E-state index contributed by atoms with van der Waals surface area (Å²) in [4.78, 5) is 12.1. The number of methoxy groups -OCH3 is 1. The summed E-state index contributed by atoms with van der Waals surface area (Å²) >= 11 is 5.88. The highest BCUT2D eigenvalue weighted by Gasteiger charge is 2.19. The van der Waals surface area contributed by atoms with E-state index in [2.05, 4.69) is 10.5 Å². The first kappa shape index (κ1) is 22.3. The van der Waals surface area contributed by atoms with E-state index in [4.69, 9.17) is 20.5 Å². The van der Waals surface area contributed by atoms with Gasteiger partial charge in [-0.1, -0.05) is 35.4 Å². The molecule has 1 amide bonds. The second-order valence-electron chi connectivity index (χ2n) is 6.47. The van der Waals surface area contributed by atoms with E-state index < -0.39 is 16.0 Å². The molecule has 3 aromatic rings. The molecule has 0 aromatic heterocycles. The first-order chi connectivity index (χ1) is 14.8. The third-order valence-corrected chi connectivity index (χ3v) is 5.65. The minimum absolute atomic E-state index is 0.00630. The average molecular weight is 459 g/mol. The molecule has 0 spiro atoms. The Morgan fingerprint density at radius 3 is 2.45 bits per heavy atom. The largest absolute Gasteiger partial charge is 0.493 e. The smallest absolute Gasteiger partial charge is 0.339 e. The van der Waals surface area contributed by atoms with Gasteiger partial charge in [0.05, 0.1) is 13.3 Å². The van der Waals surface area contributed by atoms with E-state index in [1.165, 1.54) is 37.6 Å². The minimum atomic E-state index is -4.06. The number of hydrogen-bond donors (Lipinski definition) is 1. The fraction of sp³-hybridized carbons (Fsp3) is 0.0909. The van der Waals surface area contributed by atoms with Gasteiger partial charge in [-0.2, -0.15) is 13.5 Å². The van der Waals surface area contributed by atoms with E-state index in [0.29, 0.717) is 16.1 Å². The fourth-order valence-corrected chi connectivity index (χ4v) is 3.69. The summed E-state index contributed by atoms with van der Waals surface area (Å²) in [5, 5.41) is 4.33. The van der Waals surface area contributed by atoms with Crippen LogP contribution in [0.2, 0.25) is 5.02 Å². The molecule has 1 N–H and O–H groups in total. The number of nitrogens with one attached hydrogen (secondary N) is 1. The molecule has 0 aliphatic heterocycles. The quantitative estimate of drug-likeness (QED) is 0.325. The summed E-state index contributed by atoms with van der Waals surface area (Å²) in [6.07, 6.45) is 1.35. The molecule has 0 saturated heterocycles. The molecule has 0 atom stereocenters. The summed E-state index contributed by atoms with van der Waals surface area (Å²) in [6, 6.07) is 17.3. The SMILES string of the molecule is COc1ccc(/C=N\NC(=O)c2cccc(Cl)c2)cc1OS(=O)(=O)c1ccc(C)cc1. The van der Waals surface area contributed by atoms with Crippen molar-refractivity contribution >= 4 is 33.8 Å². The Hall–Kier alpha value is -3.36. The van der Waals surface area contributed by atoms with Crippen molar-refractivity contribution in [3.8, 4) is 11.5 Å². The molecule has 0 saturated carbocycles. The van der Waals surface area contributed by atoms with Crippen LogP contribution in [0.3, 0.4) is 0 Å². The van der Waals surface area contributed by atoms with Gasteiger partial charge in [0, 0.05) is 10.6 Å². The van der Waals surface area contributed by atoms with Crippen LogP contribution in [0.25, 0.3) is 0 Å². The number of benzene rings is 3. The van der Waals surface area contributed by atoms with Crippen LogP contribution in [-0.2, 0) is 10.1 Å². The Morgan fingerprint density at radius 1 is 1.03 bits per heavy atom. The molecule has 3 aromatic carbocycles. The summed E-state index contributed by atoms with van der Waals surface area (Å²) in [6.45, 7) is 1.86. The van der Waals surface area contributed by atoms with Gasteiger partial charge in [-0.15, -0.1) is 0 Å². The summed E-state index contributed by atoms with van der Waals surface area (Å²) in [5.41, 5.74) is 4.15. The lowest BCUT2D eigenvalue weighted by atomic mass is 10.2. The van der Waals surface area contributed by atoms with Crippen molar-refractivity contribution in [1.29, 1.82) is 0 Å². The van der Waals surface area contributed by atoms with Gasteiger partial charge in [-0.05, 0) is 61.0 Å². The average Bonchev–Trinajstić information content (AvgIpc) is 2.74. The molecule has 0 bridgehead atoms. The van der Waals surface area contributed by atoms with Gasteiger partial charge in [0.25, 0.3) is 5.91 Å². The van der Waals surface area contributed by atoms with E-state index in [-0.39, 0.29) is 16.4 Å². The van der Waals surface area contributed by atoms with Crippen LogP contribution in [-0.4, -0.2) is 27.6 Å². The molecule has 0 radical (unpaired) electrons. The lowest BCUT2D eigenvalue weighted by molar-refractivity contribution is 0.0955. The van der Waals surface area contributed by atoms with Gasteiger partial charge in [0.1, 0.15) is 4.90 Å². The highest BCUT2D eigenvalue weighted by Crippen LogP contribution is 2.30. The maximum Gasteiger partial charge on any atom is 0.339 e. The van der Waals surface area contributed by atoms with Crippen LogP contribution in [0.4, 0.5) is 0 Å². The number of amides is 1. The lowest BCUT2D eigenvalue weighted by Crippen LogP contribution is -2.17. The van der Waals surface area contributed by atoms with Gasteiger partial charge in [-0.25, -0.2) is 5.43 Å². The van der Waals surface area contributed by atoms with E-state index in [9.17, 15) is 13.2 Å². The number of aryl methyl sites for hydroxylation is 1. The molecule has 0 heterocycles. The Kier molecular flexibility index (Phi) is 6.94. The molecule has 0 fully saturated rings. The highest BCUT2D eigenvalue weighted by atomic mass is 35.5. The van der Waals surface area contributed by atoms with E-state index in [1.807, 2.05) is 6.92 Å². The number of carbonyl (C=O) groups excluding carboxylic acids is 1. The topological polar surface area (TPSA) is 94.1 Å². The third kappa shape index (κ3) is 5.84. The molecule has 0 unspecified atom stereocenters. The van der Waals surface area contributed by atoms with Crippen molar-refractivity contribution in [3.63, 3.8) is 0 Å². The molecule has 0 aliphatic carbocycles. The van der Waals surface area contributed by atoms with Gasteiger partial charge in [0.15, 0.2) is 11.5 Å². The first-order valence-electron chi connectivity index (χ1n) is 9.06. The van der Waals surface area contributed by atoms with Crippen molar-refractivity contribution in [1.82, 2.24) is 5.43 Å². The van der Waals surface area contributed by atoms with E-state index in [0.717, 1.165) is 5.56 Å². The first-order valence-corrected chi connectivity index (χ1v) is 10.9. The van der Waals surface area contributed by atoms with E-state index >= 15 is 0 Å². The number of rotatable bonds is 7. The van der Waals surface area contributed by atoms with Crippen molar-refractivity contribution in [2.24, 2.45) is 5.10 Å². The molecule has 0 aliphatic rings. The zero-order valence-electron chi connectivity index (χ0n) is 16.7. The van der Waals surface area contributed by atoms with Gasteiger partial charge >= 0.3 is 10.1 Å². The molecular weight excluding hydrogens is 440 g/mol. The van der Waals surface area contributed by atoms with Crippen molar-refractivity contribution in [3.05, 3.63) is 88.4 Å². The lowest BCUT2D eigenvalue weighted by Gasteiger charge is -2.11. The minimum Gasteiger partial charge on any atom is -0.493 e. The van der Waals surface area contributed by atoms with Crippen LogP contribution in [0, 0.1) is 6.92 Å². The van der Waals surface area contributed by atoms with Crippen molar-refractivity contribution in [2.45, 2.75) is 11.8 Å². The standard InChI is InChI=1S/C22H19ClN2O5S/c1-15-6-9-19(10-7-15)31(27,28)30-21-12-16(8-11-20(21)29-2)14-24-25-22(26)17-4-3-5-18(23)13-17/h3-14H,1-2H3,(H,25,26)/b24-14-. The zero-order valence-corrected chi connectivity index (χ0v) is 18.3. The van der Waals surface area contributed by atoms with Crippen molar-refractivity contribution in [2.75, 3.05) is 7.11 Å². The Labute approximate surface area is 185 Å². The maximum absolute atomic E-state index is 12.6. The molecule has 31 heavy (non-hydrogen) atoms. The Balaban J connectivity index is 1.78. The number of halogens is 1. The molecular formula is C22H19ClN2O5S. The number of nitrogens with zero attached hydrogens (tertiary/aromatic N) is 1. The normalized spacial score (nSPS) is 11.3. The monoisotopic (exact) mass is 458 g/mol. The van der Waals surface area contributed by atoms with Crippen LogP contribution >= 0.6 is 11.6 Å². The predicted molar refractivity (Wildman–Crippen MR) is 118 cm³/mol. The second-order valence-corrected chi connectivity index (χ2v) is 8.45. The fourth-order valence-electron chi connectivity index (χ4n) is 2.57. The molecule has 3 rings (SSSR count). The number of ether oxygens (including phenoxy) is 1. The molecule has 7 nitrogen and oxygen atoms in total. The van der Waals surface area contributed by atoms with Crippen LogP contribution in [0.1, 0.15) is 21.5 Å². The van der Waals surface area contributed by atoms with Crippen LogP contribution in [0.15, 0.2) is 76.7 Å². The summed E-state index contributed by atoms with van der Waals surface area (Å²) < 4.78 is 35.7. The summed E-state index contributed by atoms with van der Waals surface area (Å²) in [5.74, 6) is -0.213. The number of hydrazone groups is 1. The van der Waals surface area contributed by atoms with Crippen LogP contribution < -0.4 is 14.3 Å². The van der Waals surface area contributed by atoms with Gasteiger partial charge < -0.3 is 8.92 Å². The zero-order chi connectivity index (χ0) is 22.4. The second kappa shape index (κ2) is 9.63. The van der Waals surface area contributed by atoms with E-state index in [1.54, 1.807) is 42.5 Å². The Morgan fingerprint density at radius 2 is 1.77 bits per heavy atom. The maximum atomic E-state index is 12.6.